The summed E-state index contributed by atoms with van der Waals surface area (Å²) in [5.41, 5.74) is 3.74. The van der Waals surface area contributed by atoms with Crippen LogP contribution in [0.5, 0.6) is 0 Å². The average molecular weight is 405 g/mol. The molecule has 2 aliphatic heterocycles. The van der Waals surface area contributed by atoms with Crippen LogP contribution in [0.3, 0.4) is 0 Å². The molecule has 1 N–H and O–H groups in total. The summed E-state index contributed by atoms with van der Waals surface area (Å²) < 4.78 is 0. The van der Waals surface area contributed by atoms with Crippen LogP contribution in [0.1, 0.15) is 36.0 Å². The number of urea groups is 1. The molecule has 1 spiro atoms. The number of hydrogen-bond donors (Lipinski definition) is 1. The quantitative estimate of drug-likeness (QED) is 0.852. The standard InChI is InChI=1S/C24H28N4O2/c29-22(12-18-4-2-1-3-5-18)27-10-7-24(8-11-27)13-21(24)15-26-23(30)28-16-19-6-9-25-14-20(19)17-28/h1-6,9,14,21H,7-8,10-13,15-17H2,(H,26,30). The Kier molecular flexibility index (Phi) is 4.93. The van der Waals surface area contributed by atoms with Crippen LogP contribution in [0.2, 0.25) is 0 Å². The Hall–Kier alpha value is -2.89. The van der Waals surface area contributed by atoms with Crippen LogP contribution in [0.15, 0.2) is 48.8 Å². The largest absolute Gasteiger partial charge is 0.342 e. The van der Waals surface area contributed by atoms with Crippen LogP contribution in [0.4, 0.5) is 4.79 Å². The molecule has 1 aromatic heterocycles. The SMILES string of the molecule is O=C(Cc1ccccc1)N1CCC2(CC1)CC2CNC(=O)N1Cc2ccncc2C1. The summed E-state index contributed by atoms with van der Waals surface area (Å²) in [5.74, 6) is 0.768. The number of nitrogens with zero attached hydrogens (tertiary/aromatic N) is 3. The molecule has 0 radical (unpaired) electrons. The van der Waals surface area contributed by atoms with Crippen molar-refractivity contribution >= 4 is 11.9 Å². The number of carbonyl (C=O) groups is 2. The smallest absolute Gasteiger partial charge is 0.318 e. The second kappa shape index (κ2) is 7.74. The number of nitrogens with one attached hydrogen (secondary N) is 1. The molecule has 3 amide bonds. The normalized spacial score (nSPS) is 21.4. The van der Waals surface area contributed by atoms with Crippen molar-refractivity contribution in [3.8, 4) is 0 Å². The molecule has 30 heavy (non-hydrogen) atoms. The van der Waals surface area contributed by atoms with E-state index in [0.717, 1.165) is 50.0 Å². The maximum Gasteiger partial charge on any atom is 0.318 e. The topological polar surface area (TPSA) is 65.5 Å². The van der Waals surface area contributed by atoms with Crippen molar-refractivity contribution in [3.05, 3.63) is 65.5 Å². The van der Waals surface area contributed by atoms with E-state index in [9.17, 15) is 9.59 Å². The van der Waals surface area contributed by atoms with Gasteiger partial charge in [0.25, 0.3) is 0 Å². The number of fused-ring (bicyclic) bond motifs is 1. The number of pyridine rings is 1. The number of likely N-dealkylation sites (tertiary alicyclic amines) is 1. The van der Waals surface area contributed by atoms with Crippen LogP contribution in [-0.2, 0) is 24.3 Å². The van der Waals surface area contributed by atoms with Crippen molar-refractivity contribution in [2.45, 2.75) is 38.8 Å². The van der Waals surface area contributed by atoms with Gasteiger partial charge in [0.2, 0.25) is 5.91 Å². The fraction of sp³-hybridized carbons (Fsp3) is 0.458. The molecule has 0 bridgehead atoms. The predicted octanol–water partition coefficient (Wildman–Crippen LogP) is 2.98. The molecule has 156 valence electrons. The van der Waals surface area contributed by atoms with E-state index >= 15 is 0 Å². The lowest BCUT2D eigenvalue weighted by molar-refractivity contribution is -0.132. The molecule has 5 rings (SSSR count). The minimum Gasteiger partial charge on any atom is -0.342 e. The Balaban J connectivity index is 1.06. The number of benzene rings is 1. The van der Waals surface area contributed by atoms with Gasteiger partial charge < -0.3 is 15.1 Å². The molecular weight excluding hydrogens is 376 g/mol. The third kappa shape index (κ3) is 3.78. The molecule has 1 atom stereocenters. The summed E-state index contributed by atoms with van der Waals surface area (Å²) in [7, 11) is 0. The van der Waals surface area contributed by atoms with Gasteiger partial charge in [0.15, 0.2) is 0 Å². The van der Waals surface area contributed by atoms with Crippen LogP contribution in [0.25, 0.3) is 0 Å². The third-order valence-corrected chi connectivity index (χ3v) is 7.18. The molecule has 1 aromatic carbocycles. The van der Waals surface area contributed by atoms with Gasteiger partial charge in [-0.25, -0.2) is 4.79 Å². The lowest BCUT2D eigenvalue weighted by Crippen LogP contribution is -2.41. The molecule has 1 saturated heterocycles. The summed E-state index contributed by atoms with van der Waals surface area (Å²) in [5, 5.41) is 3.15. The van der Waals surface area contributed by atoms with Crippen molar-refractivity contribution in [2.75, 3.05) is 19.6 Å². The van der Waals surface area contributed by atoms with Gasteiger partial charge >= 0.3 is 6.03 Å². The summed E-state index contributed by atoms with van der Waals surface area (Å²) in [6.07, 6.45) is 7.39. The van der Waals surface area contributed by atoms with Gasteiger partial charge in [-0.2, -0.15) is 0 Å². The van der Waals surface area contributed by atoms with Gasteiger partial charge in [0.1, 0.15) is 0 Å². The summed E-state index contributed by atoms with van der Waals surface area (Å²) in [6.45, 7) is 3.72. The van der Waals surface area contributed by atoms with Crippen LogP contribution < -0.4 is 5.32 Å². The first kappa shape index (κ1) is 19.1. The molecule has 1 unspecified atom stereocenters. The van der Waals surface area contributed by atoms with Gasteiger partial charge in [0, 0.05) is 45.1 Å². The Labute approximate surface area is 177 Å². The highest BCUT2D eigenvalue weighted by molar-refractivity contribution is 5.79. The molecule has 1 aliphatic carbocycles. The van der Waals surface area contributed by atoms with Gasteiger partial charge in [-0.05, 0) is 53.4 Å². The van der Waals surface area contributed by atoms with Crippen LogP contribution >= 0.6 is 0 Å². The van der Waals surface area contributed by atoms with Crippen LogP contribution in [-0.4, -0.2) is 46.4 Å². The minimum atomic E-state index is 0.0173. The number of rotatable bonds is 4. The first-order valence-corrected chi connectivity index (χ1v) is 10.9. The Morgan fingerprint density at radius 2 is 1.80 bits per heavy atom. The van der Waals surface area contributed by atoms with E-state index in [0.29, 0.717) is 30.8 Å². The molecule has 2 aromatic rings. The number of aromatic nitrogens is 1. The third-order valence-electron chi connectivity index (χ3n) is 7.18. The number of hydrogen-bond acceptors (Lipinski definition) is 3. The zero-order valence-corrected chi connectivity index (χ0v) is 17.2. The van der Waals surface area contributed by atoms with E-state index in [2.05, 4.69) is 10.3 Å². The number of amides is 3. The average Bonchev–Trinajstić information content (AvgIpc) is 3.25. The van der Waals surface area contributed by atoms with Crippen LogP contribution in [0, 0.1) is 11.3 Å². The van der Waals surface area contributed by atoms with E-state index in [1.54, 1.807) is 6.20 Å². The van der Waals surface area contributed by atoms with Crippen molar-refractivity contribution in [1.82, 2.24) is 20.1 Å². The first-order valence-electron chi connectivity index (χ1n) is 10.9. The van der Waals surface area contributed by atoms with E-state index in [4.69, 9.17) is 0 Å². The first-order chi connectivity index (χ1) is 14.6. The molecule has 1 saturated carbocycles. The summed E-state index contributed by atoms with van der Waals surface area (Å²) in [6, 6.07) is 12.0. The highest BCUT2D eigenvalue weighted by Crippen LogP contribution is 2.59. The van der Waals surface area contributed by atoms with Gasteiger partial charge in [-0.3, -0.25) is 9.78 Å². The maximum atomic E-state index is 12.6. The Bertz CT molecular complexity index is 912. The highest BCUT2D eigenvalue weighted by atomic mass is 16.2. The van der Waals surface area contributed by atoms with Gasteiger partial charge in [-0.1, -0.05) is 30.3 Å². The molecule has 3 aliphatic rings. The lowest BCUT2D eigenvalue weighted by atomic mass is 9.90. The van der Waals surface area contributed by atoms with E-state index in [1.807, 2.05) is 52.4 Å². The summed E-state index contributed by atoms with van der Waals surface area (Å²) >= 11 is 0. The molecule has 3 heterocycles. The monoisotopic (exact) mass is 404 g/mol. The zero-order valence-electron chi connectivity index (χ0n) is 17.2. The van der Waals surface area contributed by atoms with E-state index < -0.39 is 0 Å². The maximum absolute atomic E-state index is 12.6. The molecule has 2 fully saturated rings. The second-order valence-electron chi connectivity index (χ2n) is 8.99. The van der Waals surface area contributed by atoms with E-state index in [1.165, 1.54) is 5.56 Å². The van der Waals surface area contributed by atoms with Crippen molar-refractivity contribution in [2.24, 2.45) is 11.3 Å². The predicted molar refractivity (Wildman–Crippen MR) is 113 cm³/mol. The van der Waals surface area contributed by atoms with Gasteiger partial charge in [-0.15, -0.1) is 0 Å². The fourth-order valence-electron chi connectivity index (χ4n) is 5.10. The minimum absolute atomic E-state index is 0.0173. The van der Waals surface area contributed by atoms with Crippen molar-refractivity contribution in [1.29, 1.82) is 0 Å². The van der Waals surface area contributed by atoms with E-state index in [-0.39, 0.29) is 11.9 Å². The number of carbonyl (C=O) groups excluding carboxylic acids is 2. The highest BCUT2D eigenvalue weighted by Gasteiger charge is 2.54. The van der Waals surface area contributed by atoms with Crippen molar-refractivity contribution < 1.29 is 9.59 Å². The Morgan fingerprint density at radius 1 is 1.03 bits per heavy atom. The molecule has 6 heteroatoms. The zero-order chi connectivity index (χ0) is 20.6. The molecule has 6 nitrogen and oxygen atoms in total. The Morgan fingerprint density at radius 3 is 2.57 bits per heavy atom. The second-order valence-corrected chi connectivity index (χ2v) is 8.99. The number of piperidine rings is 1. The lowest BCUT2D eigenvalue weighted by Gasteiger charge is -2.33. The fourth-order valence-corrected chi connectivity index (χ4v) is 5.10. The molecular formula is C24H28N4O2. The summed E-state index contributed by atoms with van der Waals surface area (Å²) in [4.78, 5) is 33.2. The van der Waals surface area contributed by atoms with Crippen molar-refractivity contribution in [3.63, 3.8) is 0 Å². The van der Waals surface area contributed by atoms with Gasteiger partial charge in [0.05, 0.1) is 6.42 Å².